The fourth-order valence-electron chi connectivity index (χ4n) is 3.58. The molecule has 0 aliphatic carbocycles. The first-order valence-corrected chi connectivity index (χ1v) is 12.7. The summed E-state index contributed by atoms with van der Waals surface area (Å²) in [5.41, 5.74) is 9.70. The summed E-state index contributed by atoms with van der Waals surface area (Å²) in [6.07, 6.45) is 0.541. The highest BCUT2D eigenvalue weighted by molar-refractivity contribution is 7.98. The molecule has 38 heavy (non-hydrogen) atoms. The molecule has 0 amide bonds. The molecule has 0 saturated carbocycles. The number of nitrogen functional groups attached to an aromatic ring is 1. The maximum Gasteiger partial charge on any atom is 0.226 e. The lowest BCUT2D eigenvalue weighted by atomic mass is 9.97. The van der Waals surface area contributed by atoms with E-state index < -0.39 is 12.7 Å². The number of ether oxygens (including phenoxy) is 1. The third kappa shape index (κ3) is 5.91. The second-order valence-corrected chi connectivity index (χ2v) is 9.59. The number of halogens is 1. The second-order valence-electron chi connectivity index (χ2n) is 8.22. The van der Waals surface area contributed by atoms with Gasteiger partial charge in [0.2, 0.25) is 5.89 Å². The number of rotatable bonds is 9. The van der Waals surface area contributed by atoms with Crippen LogP contribution in [0, 0.1) is 29.6 Å². The zero-order valence-electron chi connectivity index (χ0n) is 20.2. The normalized spacial score (nSPS) is 11.5. The number of pyridine rings is 1. The Kier molecular flexibility index (Phi) is 8.52. The molecule has 0 fully saturated rings. The second kappa shape index (κ2) is 12.0. The number of nitrogens with two attached hydrogens (primary N) is 1. The Morgan fingerprint density at radius 3 is 2.47 bits per heavy atom. The number of aliphatic hydroxyl groups excluding tert-OH is 2. The van der Waals surface area contributed by atoms with Crippen LogP contribution < -0.4 is 10.5 Å². The van der Waals surface area contributed by atoms with Crippen LogP contribution in [0.3, 0.4) is 0 Å². The summed E-state index contributed by atoms with van der Waals surface area (Å²) in [7, 11) is 0. The molecule has 2 heterocycles. The van der Waals surface area contributed by atoms with E-state index in [9.17, 15) is 15.6 Å². The van der Waals surface area contributed by atoms with Gasteiger partial charge in [0.15, 0.2) is 0 Å². The maximum absolute atomic E-state index is 10.0. The molecule has 9 nitrogen and oxygen atoms in total. The van der Waals surface area contributed by atoms with E-state index in [1.54, 1.807) is 36.6 Å². The number of aromatic nitrogens is 2. The molecule has 4 N–H and O–H groups in total. The maximum atomic E-state index is 10.0. The first-order chi connectivity index (χ1) is 18.3. The molecule has 2 aromatic heterocycles. The van der Waals surface area contributed by atoms with Gasteiger partial charge in [-0.1, -0.05) is 35.5 Å². The molecule has 0 saturated heterocycles. The lowest BCUT2D eigenvalue weighted by molar-refractivity contribution is 0.0536. The standard InChI is InChI=1S/C27H22ClN5O4S/c1-15-8-17(4-7-23(15)28)26-32-18(12-37-26)14-38-27-22(10-30)24(21(9-29)25(31)33-27)16-2-5-20(6-3-16)36-13-19(35)11-34/h2-8,12,19,34-35H,11,13-14H2,1H3,(H2,31,33)/t19-/m1/s1. The molecule has 11 heteroatoms. The Balaban J connectivity index is 1.60. The molecule has 4 rings (SSSR count). The highest BCUT2D eigenvalue weighted by atomic mass is 35.5. The van der Waals surface area contributed by atoms with E-state index in [1.807, 2.05) is 19.1 Å². The molecule has 0 aliphatic heterocycles. The minimum Gasteiger partial charge on any atom is -0.491 e. The predicted molar refractivity (Wildman–Crippen MR) is 143 cm³/mol. The van der Waals surface area contributed by atoms with Crippen molar-refractivity contribution in [1.82, 2.24) is 9.97 Å². The minimum atomic E-state index is -0.999. The molecular formula is C27H22ClN5O4S. The number of nitrogens with zero attached hydrogens (tertiary/aromatic N) is 4. The zero-order valence-corrected chi connectivity index (χ0v) is 21.8. The van der Waals surface area contributed by atoms with Crippen LogP contribution in [0.1, 0.15) is 22.4 Å². The first kappa shape index (κ1) is 27.0. The third-order valence-electron chi connectivity index (χ3n) is 5.53. The molecule has 4 aromatic rings. The van der Waals surface area contributed by atoms with Gasteiger partial charge in [-0.3, -0.25) is 0 Å². The summed E-state index contributed by atoms with van der Waals surface area (Å²) in [4.78, 5) is 8.86. The molecule has 1 atom stereocenters. The summed E-state index contributed by atoms with van der Waals surface area (Å²) in [6, 6.07) is 16.4. The summed E-state index contributed by atoms with van der Waals surface area (Å²) >= 11 is 7.36. The van der Waals surface area contributed by atoms with Crippen molar-refractivity contribution in [2.75, 3.05) is 18.9 Å². The fraction of sp³-hybridized carbons (Fsp3) is 0.185. The SMILES string of the molecule is Cc1cc(-c2nc(CSc3nc(N)c(C#N)c(-c4ccc(OC[C@H](O)CO)cc4)c3C#N)co2)ccc1Cl. The Labute approximate surface area is 228 Å². The van der Waals surface area contributed by atoms with Crippen molar-refractivity contribution in [3.63, 3.8) is 0 Å². The topological polar surface area (TPSA) is 162 Å². The number of nitriles is 2. The van der Waals surface area contributed by atoms with Crippen LogP contribution in [0.25, 0.3) is 22.6 Å². The number of anilines is 1. The van der Waals surface area contributed by atoms with E-state index >= 15 is 0 Å². The molecule has 0 radical (unpaired) electrons. The van der Waals surface area contributed by atoms with Crippen LogP contribution in [0.5, 0.6) is 5.75 Å². The Morgan fingerprint density at radius 1 is 1.11 bits per heavy atom. The summed E-state index contributed by atoms with van der Waals surface area (Å²) in [5.74, 6) is 1.26. The fourth-order valence-corrected chi connectivity index (χ4v) is 4.57. The van der Waals surface area contributed by atoms with Crippen LogP contribution in [-0.4, -0.2) is 39.5 Å². The molecule has 0 spiro atoms. The van der Waals surface area contributed by atoms with Gasteiger partial charge in [0.05, 0.1) is 17.9 Å². The number of hydrogen-bond donors (Lipinski definition) is 3. The highest BCUT2D eigenvalue weighted by Crippen LogP contribution is 2.37. The number of aliphatic hydroxyl groups is 2. The van der Waals surface area contributed by atoms with Gasteiger partial charge in [0.25, 0.3) is 0 Å². The first-order valence-electron chi connectivity index (χ1n) is 11.3. The van der Waals surface area contributed by atoms with Crippen molar-refractivity contribution < 1.29 is 19.4 Å². The van der Waals surface area contributed by atoms with E-state index in [2.05, 4.69) is 22.1 Å². The van der Waals surface area contributed by atoms with Gasteiger partial charge in [0, 0.05) is 21.9 Å². The van der Waals surface area contributed by atoms with Gasteiger partial charge in [-0.15, -0.1) is 0 Å². The van der Waals surface area contributed by atoms with Crippen molar-refractivity contribution >= 4 is 29.2 Å². The van der Waals surface area contributed by atoms with Crippen molar-refractivity contribution in [2.45, 2.75) is 23.8 Å². The van der Waals surface area contributed by atoms with Gasteiger partial charge in [0.1, 0.15) is 53.3 Å². The van der Waals surface area contributed by atoms with E-state index in [-0.39, 0.29) is 23.6 Å². The summed E-state index contributed by atoms with van der Waals surface area (Å²) < 4.78 is 11.1. The van der Waals surface area contributed by atoms with Gasteiger partial charge in [-0.05, 0) is 48.4 Å². The average molecular weight is 548 g/mol. The van der Waals surface area contributed by atoms with E-state index in [1.165, 1.54) is 11.8 Å². The smallest absolute Gasteiger partial charge is 0.226 e. The van der Waals surface area contributed by atoms with Crippen molar-refractivity contribution in [1.29, 1.82) is 10.5 Å². The summed E-state index contributed by atoms with van der Waals surface area (Å²) in [5, 5.41) is 39.2. The Morgan fingerprint density at radius 2 is 1.82 bits per heavy atom. The summed E-state index contributed by atoms with van der Waals surface area (Å²) in [6.45, 7) is 1.41. The van der Waals surface area contributed by atoms with Gasteiger partial charge in [-0.25, -0.2) is 9.97 Å². The van der Waals surface area contributed by atoms with Crippen LogP contribution in [0.2, 0.25) is 5.02 Å². The monoisotopic (exact) mass is 547 g/mol. The van der Waals surface area contributed by atoms with Crippen molar-refractivity contribution in [3.8, 4) is 40.5 Å². The Hall–Kier alpha value is -4.06. The molecule has 192 valence electrons. The molecule has 0 unspecified atom stereocenters. The van der Waals surface area contributed by atoms with Crippen LogP contribution in [0.15, 0.2) is 58.2 Å². The largest absolute Gasteiger partial charge is 0.491 e. The van der Waals surface area contributed by atoms with Crippen LogP contribution in [0.4, 0.5) is 5.82 Å². The molecule has 0 bridgehead atoms. The molecule has 2 aromatic carbocycles. The van der Waals surface area contributed by atoms with Crippen LogP contribution >= 0.6 is 23.4 Å². The zero-order chi connectivity index (χ0) is 27.2. The number of hydrogen-bond acceptors (Lipinski definition) is 10. The third-order valence-corrected chi connectivity index (χ3v) is 6.96. The van der Waals surface area contributed by atoms with E-state index in [0.29, 0.717) is 44.3 Å². The number of benzene rings is 2. The van der Waals surface area contributed by atoms with Gasteiger partial charge >= 0.3 is 0 Å². The molecular weight excluding hydrogens is 526 g/mol. The lowest BCUT2D eigenvalue weighted by Crippen LogP contribution is -2.21. The quantitative estimate of drug-likeness (QED) is 0.250. The van der Waals surface area contributed by atoms with Crippen molar-refractivity contribution in [2.24, 2.45) is 0 Å². The number of aryl methyl sites for hydroxylation is 1. The minimum absolute atomic E-state index is 0.00729. The highest BCUT2D eigenvalue weighted by Gasteiger charge is 2.21. The average Bonchev–Trinajstić information content (AvgIpc) is 3.41. The predicted octanol–water partition coefficient (Wildman–Crippen LogP) is 4.72. The van der Waals surface area contributed by atoms with Crippen LogP contribution in [-0.2, 0) is 5.75 Å². The van der Waals surface area contributed by atoms with Gasteiger partial charge in [-0.2, -0.15) is 10.5 Å². The van der Waals surface area contributed by atoms with Gasteiger partial charge < -0.3 is 25.1 Å². The number of oxazole rings is 1. The van der Waals surface area contributed by atoms with E-state index in [4.69, 9.17) is 31.6 Å². The number of thioether (sulfide) groups is 1. The lowest BCUT2D eigenvalue weighted by Gasteiger charge is -2.14. The molecule has 0 aliphatic rings. The van der Waals surface area contributed by atoms with Crippen molar-refractivity contribution in [3.05, 3.63) is 76.1 Å². The van der Waals surface area contributed by atoms with E-state index in [0.717, 1.165) is 11.1 Å². The Bertz CT molecular complexity index is 1540.